The van der Waals surface area contributed by atoms with E-state index in [1.165, 1.54) is 48.7 Å². The molecule has 0 fully saturated rings. The topological polar surface area (TPSA) is 222 Å². The van der Waals surface area contributed by atoms with Crippen molar-refractivity contribution < 1.29 is 185 Å². The molecule has 0 atom stereocenters. The number of rotatable bonds is 19. The Kier molecular flexibility index (Phi) is 22.2. The van der Waals surface area contributed by atoms with Crippen LogP contribution < -0.4 is 163 Å². The largest absolute Gasteiger partial charge is 1.00 e. The Balaban J connectivity index is 0.00000435. The van der Waals surface area contributed by atoms with Crippen molar-refractivity contribution in [3.63, 3.8) is 0 Å². The van der Waals surface area contributed by atoms with Crippen molar-refractivity contribution in [2.45, 2.75) is 26.7 Å². The molecule has 2 aliphatic heterocycles. The first kappa shape index (κ1) is 54.4. The van der Waals surface area contributed by atoms with Gasteiger partial charge in [0.05, 0.1) is 55.7 Å². The number of nitrogens with one attached hydrogen (secondary N) is 1. The van der Waals surface area contributed by atoms with Gasteiger partial charge in [0.15, 0.2) is 5.70 Å². The number of hydrogen-bond donors (Lipinski definition) is 1. The van der Waals surface area contributed by atoms with E-state index in [2.05, 4.69) is 5.32 Å². The Hall–Kier alpha value is -2.66. The second kappa shape index (κ2) is 24.1. The van der Waals surface area contributed by atoms with E-state index in [4.69, 9.17) is 9.47 Å². The van der Waals surface area contributed by atoms with Gasteiger partial charge in [0, 0.05) is 53.3 Å². The molecule has 0 bridgehead atoms. The Labute approximate surface area is 426 Å². The number of benzene rings is 2. The van der Waals surface area contributed by atoms with E-state index in [0.717, 1.165) is 24.3 Å². The number of carboxylic acid groups (broad SMARTS) is 4. The number of anilines is 3. The molecule has 3 heterocycles. The Morgan fingerprint density at radius 3 is 1.98 bits per heavy atom. The van der Waals surface area contributed by atoms with E-state index >= 15 is 8.63 Å². The second-order valence-electron chi connectivity index (χ2n) is 12.8. The number of halogens is 2. The number of aromatic nitrogens is 1. The number of aliphatic carboxylic acids is 4. The molecule has 0 saturated heterocycles. The van der Waals surface area contributed by atoms with Gasteiger partial charge in [-0.15, -0.1) is 0 Å². The molecule has 290 valence electrons. The third-order valence-electron chi connectivity index (χ3n) is 8.63. The van der Waals surface area contributed by atoms with Gasteiger partial charge in [0.2, 0.25) is 5.91 Å². The summed E-state index contributed by atoms with van der Waals surface area (Å²) in [5, 5.41) is 47.8. The van der Waals surface area contributed by atoms with Crippen molar-refractivity contribution in [1.82, 2.24) is 4.48 Å². The summed E-state index contributed by atoms with van der Waals surface area (Å²) >= 11 is 0. The number of aryl methyl sites for hydroxylation is 2. The van der Waals surface area contributed by atoms with Crippen molar-refractivity contribution in [2.24, 2.45) is 0 Å². The Morgan fingerprint density at radius 1 is 0.780 bits per heavy atom. The van der Waals surface area contributed by atoms with Crippen LogP contribution in [-0.4, -0.2) is 91.3 Å². The first-order valence-electron chi connectivity index (χ1n) is 16.9. The molecule has 5 rings (SSSR count). The number of carboxylic acids is 4. The van der Waals surface area contributed by atoms with E-state index < -0.39 is 62.9 Å². The molecule has 2 aromatic carbocycles. The predicted molar refractivity (Wildman–Crippen MR) is 186 cm³/mol. The molecule has 0 radical (unpaired) electrons. The zero-order chi connectivity index (χ0) is 40.0. The summed E-state index contributed by atoms with van der Waals surface area (Å²) in [5.74, 6) is -6.57. The quantitative estimate of drug-likeness (QED) is 0.0876. The fourth-order valence-corrected chi connectivity index (χ4v) is 6.39. The summed E-state index contributed by atoms with van der Waals surface area (Å²) in [4.78, 5) is 60.1. The molecular formula is C36H34BF2N5Na4O11. The van der Waals surface area contributed by atoms with Crippen LogP contribution >= 0.6 is 0 Å². The van der Waals surface area contributed by atoms with Crippen LogP contribution in [0.25, 0.3) is 6.08 Å². The van der Waals surface area contributed by atoms with E-state index in [1.807, 2.05) is 0 Å². The summed E-state index contributed by atoms with van der Waals surface area (Å²) in [5.41, 5.74) is 2.78. The molecule has 23 heteroatoms. The van der Waals surface area contributed by atoms with Crippen molar-refractivity contribution in [3.8, 4) is 11.5 Å². The van der Waals surface area contributed by atoms with Crippen LogP contribution in [0.1, 0.15) is 29.8 Å². The summed E-state index contributed by atoms with van der Waals surface area (Å²) in [6, 6.07) is 11.6. The first-order chi connectivity index (χ1) is 26.0. The number of carbonyl (C=O) groups is 5. The van der Waals surface area contributed by atoms with E-state index in [1.54, 1.807) is 32.1 Å². The number of fused-ring (bicyclic) bond motifs is 2. The maximum absolute atomic E-state index is 15.5. The Morgan fingerprint density at radius 2 is 1.37 bits per heavy atom. The van der Waals surface area contributed by atoms with Gasteiger partial charge in [-0.25, -0.2) is 0 Å². The van der Waals surface area contributed by atoms with Crippen LogP contribution in [0.3, 0.4) is 0 Å². The average Bonchev–Trinajstić information content (AvgIpc) is 3.65. The van der Waals surface area contributed by atoms with Crippen molar-refractivity contribution >= 4 is 66.1 Å². The molecule has 1 amide bonds. The average molecular weight is 853 g/mol. The third-order valence-corrected chi connectivity index (χ3v) is 8.63. The van der Waals surface area contributed by atoms with Crippen molar-refractivity contribution in [3.05, 3.63) is 82.8 Å². The minimum atomic E-state index is -4.14. The smallest absolute Gasteiger partial charge is 0.548 e. The van der Waals surface area contributed by atoms with Crippen molar-refractivity contribution in [2.75, 3.05) is 54.5 Å². The maximum atomic E-state index is 15.5. The minimum absolute atomic E-state index is 0. The van der Waals surface area contributed by atoms with Crippen LogP contribution in [0, 0.1) is 13.8 Å². The fourth-order valence-electron chi connectivity index (χ4n) is 6.39. The van der Waals surface area contributed by atoms with E-state index in [-0.39, 0.29) is 173 Å². The van der Waals surface area contributed by atoms with Crippen LogP contribution in [0.15, 0.2) is 65.9 Å². The molecule has 0 unspecified atom stereocenters. The molecule has 59 heavy (non-hydrogen) atoms. The molecule has 2 aliphatic rings. The summed E-state index contributed by atoms with van der Waals surface area (Å²) in [6.07, 6.45) is 4.64. The predicted octanol–water partition coefficient (Wildman–Crippen LogP) is -13.8. The molecule has 0 spiro atoms. The fraction of sp³-hybridized carbons (Fsp3) is 0.278. The summed E-state index contributed by atoms with van der Waals surface area (Å²) in [6.45, 7) is -4.30. The number of carbonyl (C=O) groups excluding carboxylic acids is 5. The van der Waals surface area contributed by atoms with Gasteiger partial charge in [0.25, 0.3) is 0 Å². The van der Waals surface area contributed by atoms with E-state index in [9.17, 15) is 44.4 Å². The normalized spacial score (nSPS) is 12.8. The molecule has 0 aliphatic carbocycles. The molecule has 0 saturated carbocycles. The summed E-state index contributed by atoms with van der Waals surface area (Å²) < 4.78 is 44.5. The third kappa shape index (κ3) is 14.5. The monoisotopic (exact) mass is 853 g/mol. The minimum Gasteiger partial charge on any atom is -0.548 e. The molecule has 1 N–H and O–H groups in total. The SMILES string of the molecule is Cc1cc(C)n2c1C=C1C=C(CCC(=O)Nc3ccc(N(CC(=O)[O-])CC(=O)[O-])c(OCCOc4cccc(N(CC(=O)[O-])CC(=O)[O-])c4)c3)C=[N+]1[B-]2(F)F.[Na+].[Na+].[Na+].[Na+]. The standard InChI is InChI=1S/C36H38BF2N5O11.4Na/c1-22-12-23(2)44-30(22)16-27-13-24(17-43(27)37(44,38)39)6-9-32(45)40-25-7-8-29(42(20-35(50)51)21-36(52)53)31(14-25)55-11-10-54-28-5-3-4-26(15-28)41(18-33(46)47)19-34(48)49;;;;/h3-5,7-8,12-17H,6,9-11,18-21H2,1-2H3,(H,40,45)(H,46,47)(H,48,49)(H,50,51)(H,52,53);;;;/q;4*+1/p-4. The van der Waals surface area contributed by atoms with Crippen LogP contribution in [0.5, 0.6) is 11.5 Å². The van der Waals surface area contributed by atoms with Gasteiger partial charge in [-0.2, -0.15) is 0 Å². The van der Waals surface area contributed by atoms with Gasteiger partial charge in [-0.3, -0.25) is 4.79 Å². The molecule has 16 nitrogen and oxygen atoms in total. The molecule has 1 aromatic heterocycles. The zero-order valence-electron chi connectivity index (χ0n) is 33.6. The number of nitrogens with zero attached hydrogens (tertiary/aromatic N) is 4. The zero-order valence-corrected chi connectivity index (χ0v) is 41.6. The second-order valence-corrected chi connectivity index (χ2v) is 12.8. The van der Waals surface area contributed by atoms with E-state index in [0.29, 0.717) is 22.7 Å². The van der Waals surface area contributed by atoms with Gasteiger partial charge < -0.3 is 81.8 Å². The number of allylic oxidation sites excluding steroid dienone is 2. The number of ether oxygens (including phenoxy) is 2. The van der Waals surface area contributed by atoms with Gasteiger partial charge in [0.1, 0.15) is 30.9 Å². The van der Waals surface area contributed by atoms with Gasteiger partial charge in [-0.05, 0) is 61.9 Å². The van der Waals surface area contributed by atoms with Crippen LogP contribution in [-0.2, 0) is 24.0 Å². The van der Waals surface area contributed by atoms with Crippen molar-refractivity contribution in [1.29, 1.82) is 0 Å². The first-order valence-corrected chi connectivity index (χ1v) is 16.9. The maximum Gasteiger partial charge on any atom is 1.00 e. The van der Waals surface area contributed by atoms with Gasteiger partial charge in [-0.1, -0.05) is 6.07 Å². The molecular weight excluding hydrogens is 819 g/mol. The van der Waals surface area contributed by atoms with Gasteiger partial charge >= 0.3 is 125 Å². The Bertz CT molecular complexity index is 2120. The number of hydrogen-bond acceptors (Lipinski definition) is 13. The number of amides is 1. The van der Waals surface area contributed by atoms with Crippen LogP contribution in [0.2, 0.25) is 0 Å². The van der Waals surface area contributed by atoms with Crippen LogP contribution in [0.4, 0.5) is 25.7 Å². The molecule has 3 aromatic rings. The summed E-state index contributed by atoms with van der Waals surface area (Å²) in [7, 11) is 0.